The zero-order chi connectivity index (χ0) is 32.3. The molecule has 0 aromatic heterocycles. The van der Waals surface area contributed by atoms with Gasteiger partial charge in [-0.15, -0.1) is 11.8 Å². The fraction of sp³-hybridized carbons (Fsp3) is 0.147. The molecule has 3 N–H and O–H groups in total. The highest BCUT2D eigenvalue weighted by atomic mass is 35.5. The van der Waals surface area contributed by atoms with Crippen LogP contribution in [-0.2, 0) is 9.59 Å². The van der Waals surface area contributed by atoms with E-state index in [0.29, 0.717) is 33.5 Å². The van der Waals surface area contributed by atoms with Crippen LogP contribution >= 0.6 is 23.4 Å². The van der Waals surface area contributed by atoms with Gasteiger partial charge in [-0.3, -0.25) is 14.4 Å². The highest BCUT2D eigenvalue weighted by molar-refractivity contribution is 8.00. The summed E-state index contributed by atoms with van der Waals surface area (Å²) in [6, 6.07) is 26.5. The molecule has 0 aliphatic rings. The molecule has 9 nitrogen and oxygen atoms in total. The van der Waals surface area contributed by atoms with Crippen LogP contribution in [-0.4, -0.2) is 51.8 Å². The molecule has 0 aliphatic heterocycles. The van der Waals surface area contributed by atoms with Crippen molar-refractivity contribution < 1.29 is 23.9 Å². The minimum Gasteiger partial charge on any atom is -0.495 e. The number of rotatable bonds is 12. The second-order valence-corrected chi connectivity index (χ2v) is 11.3. The van der Waals surface area contributed by atoms with Gasteiger partial charge in [0.2, 0.25) is 5.91 Å². The summed E-state index contributed by atoms with van der Waals surface area (Å²) < 4.78 is 10.5. The van der Waals surface area contributed by atoms with Crippen LogP contribution in [0.1, 0.15) is 15.9 Å². The number of carbonyl (C=O) groups excluding carboxylic acids is 3. The Labute approximate surface area is 271 Å². The number of anilines is 3. The summed E-state index contributed by atoms with van der Waals surface area (Å²) >= 11 is 7.52. The second kappa shape index (κ2) is 15.7. The van der Waals surface area contributed by atoms with Crippen LogP contribution < -0.4 is 30.3 Å². The predicted octanol–water partition coefficient (Wildman–Crippen LogP) is 6.56. The van der Waals surface area contributed by atoms with Gasteiger partial charge in [-0.1, -0.05) is 41.9 Å². The first-order valence-corrected chi connectivity index (χ1v) is 15.1. The number of nitrogens with one attached hydrogen (secondary N) is 3. The third-order valence-electron chi connectivity index (χ3n) is 6.48. The maximum atomic E-state index is 13.4. The minimum absolute atomic E-state index is 0.0886. The van der Waals surface area contributed by atoms with Crippen molar-refractivity contribution in [3.05, 3.63) is 113 Å². The largest absolute Gasteiger partial charge is 0.495 e. The maximum Gasteiger partial charge on any atom is 0.272 e. The van der Waals surface area contributed by atoms with Crippen LogP contribution in [0.25, 0.3) is 6.08 Å². The number of methoxy groups -OCH3 is 2. The number of thioether (sulfide) groups is 1. The number of benzene rings is 4. The zero-order valence-electron chi connectivity index (χ0n) is 25.2. The van der Waals surface area contributed by atoms with Crippen LogP contribution in [0.3, 0.4) is 0 Å². The van der Waals surface area contributed by atoms with Gasteiger partial charge in [0, 0.05) is 42.0 Å². The number of halogens is 1. The quantitative estimate of drug-likeness (QED) is 0.118. The van der Waals surface area contributed by atoms with E-state index in [0.717, 1.165) is 16.1 Å². The van der Waals surface area contributed by atoms with Gasteiger partial charge in [0.05, 0.1) is 30.7 Å². The Hall–Kier alpha value is -4.93. The topological polar surface area (TPSA) is 109 Å². The van der Waals surface area contributed by atoms with Crippen molar-refractivity contribution in [3.8, 4) is 11.5 Å². The van der Waals surface area contributed by atoms with Gasteiger partial charge in [-0.05, 0) is 66.2 Å². The van der Waals surface area contributed by atoms with E-state index in [9.17, 15) is 14.4 Å². The third-order valence-corrected chi connectivity index (χ3v) is 7.79. The Kier molecular flexibility index (Phi) is 11.5. The highest BCUT2D eigenvalue weighted by Gasteiger charge is 2.16. The molecule has 4 aromatic carbocycles. The normalized spacial score (nSPS) is 10.9. The summed E-state index contributed by atoms with van der Waals surface area (Å²) in [7, 11) is 6.88. The average Bonchev–Trinajstić information content (AvgIpc) is 3.05. The number of amides is 3. The van der Waals surface area contributed by atoms with E-state index in [1.807, 2.05) is 49.3 Å². The fourth-order valence-corrected chi connectivity index (χ4v) is 5.04. The first-order chi connectivity index (χ1) is 21.7. The molecule has 3 amide bonds. The summed E-state index contributed by atoms with van der Waals surface area (Å²) in [5.74, 6) is -0.144. The summed E-state index contributed by atoms with van der Waals surface area (Å²) in [4.78, 5) is 41.7. The Bertz CT molecular complexity index is 1680. The number of carbonyl (C=O) groups is 3. The molecule has 4 aromatic rings. The van der Waals surface area contributed by atoms with Gasteiger partial charge < -0.3 is 30.3 Å². The minimum atomic E-state index is -0.483. The van der Waals surface area contributed by atoms with E-state index in [1.54, 1.807) is 66.7 Å². The molecule has 0 unspecified atom stereocenters. The van der Waals surface area contributed by atoms with E-state index < -0.39 is 11.8 Å². The molecule has 0 heterocycles. The molecule has 45 heavy (non-hydrogen) atoms. The van der Waals surface area contributed by atoms with E-state index in [4.69, 9.17) is 21.1 Å². The summed E-state index contributed by atoms with van der Waals surface area (Å²) in [6.45, 7) is 0. The molecular weight excluding hydrogens is 612 g/mol. The molecule has 0 saturated heterocycles. The first-order valence-electron chi connectivity index (χ1n) is 13.8. The van der Waals surface area contributed by atoms with E-state index >= 15 is 0 Å². The van der Waals surface area contributed by atoms with Crippen LogP contribution in [0.15, 0.2) is 102 Å². The fourth-order valence-electron chi connectivity index (χ4n) is 4.10. The summed E-state index contributed by atoms with van der Waals surface area (Å²) in [5, 5.41) is 8.74. The molecule has 0 aliphatic carbocycles. The molecule has 0 atom stereocenters. The maximum absolute atomic E-state index is 13.4. The molecular formula is C34H33ClN4O5S. The van der Waals surface area contributed by atoms with E-state index in [1.165, 1.54) is 26.0 Å². The first kappa shape index (κ1) is 33.0. The van der Waals surface area contributed by atoms with Gasteiger partial charge in [-0.25, -0.2) is 0 Å². The van der Waals surface area contributed by atoms with Crippen LogP contribution in [0, 0.1) is 0 Å². The lowest BCUT2D eigenvalue weighted by Crippen LogP contribution is -2.30. The summed E-state index contributed by atoms with van der Waals surface area (Å²) in [5.41, 5.74) is 3.23. The molecule has 11 heteroatoms. The average molecular weight is 645 g/mol. The standard InChI is InChI=1S/C34H33ClN4O5S/c1-39(2)25-14-10-22(11-15-25)18-29(38-33(41)23-8-6-5-7-9-23)34(42)36-24-12-16-26(17-13-24)45-21-32(40)37-28-19-27(35)30(43-3)20-31(28)44-4/h5-20H,21H2,1-4H3,(H,36,42)(H,37,40)(H,38,41)/b29-18-. The van der Waals surface area contributed by atoms with Crippen LogP contribution in [0.2, 0.25) is 5.02 Å². The van der Waals surface area contributed by atoms with Crippen molar-refractivity contribution in [3.63, 3.8) is 0 Å². The van der Waals surface area contributed by atoms with Crippen molar-refractivity contribution >= 4 is 64.2 Å². The molecule has 0 saturated carbocycles. The lowest BCUT2D eigenvalue weighted by Gasteiger charge is -2.14. The molecule has 4 rings (SSSR count). The van der Waals surface area contributed by atoms with Crippen LogP contribution in [0.4, 0.5) is 17.1 Å². The van der Waals surface area contributed by atoms with Gasteiger partial charge in [0.25, 0.3) is 11.8 Å². The molecule has 0 bridgehead atoms. The highest BCUT2D eigenvalue weighted by Crippen LogP contribution is 2.36. The molecule has 0 spiro atoms. The van der Waals surface area contributed by atoms with Crippen LogP contribution in [0.5, 0.6) is 11.5 Å². The van der Waals surface area contributed by atoms with Crippen molar-refractivity contribution in [1.82, 2.24) is 5.32 Å². The Morgan fingerprint density at radius 3 is 2.13 bits per heavy atom. The SMILES string of the molecule is COc1cc(OC)c(NC(=O)CSc2ccc(NC(=O)/C(=C/c3ccc(N(C)C)cc3)NC(=O)c3ccccc3)cc2)cc1Cl. The zero-order valence-corrected chi connectivity index (χ0v) is 26.8. The molecule has 0 radical (unpaired) electrons. The van der Waals surface area contributed by atoms with Crippen molar-refractivity contribution in [2.75, 3.05) is 49.6 Å². The summed E-state index contributed by atoms with van der Waals surface area (Å²) in [6.07, 6.45) is 1.63. The van der Waals surface area contributed by atoms with Gasteiger partial charge in [-0.2, -0.15) is 0 Å². The Morgan fingerprint density at radius 2 is 1.51 bits per heavy atom. The number of nitrogens with zero attached hydrogens (tertiary/aromatic N) is 1. The Balaban J connectivity index is 1.41. The lowest BCUT2D eigenvalue weighted by molar-refractivity contribution is -0.114. The van der Waals surface area contributed by atoms with Crippen molar-refractivity contribution in [2.24, 2.45) is 0 Å². The Morgan fingerprint density at radius 1 is 0.844 bits per heavy atom. The molecule has 0 fully saturated rings. The van der Waals surface area contributed by atoms with E-state index in [2.05, 4.69) is 16.0 Å². The smallest absolute Gasteiger partial charge is 0.272 e. The predicted molar refractivity (Wildman–Crippen MR) is 182 cm³/mol. The number of hydrogen-bond donors (Lipinski definition) is 3. The molecule has 232 valence electrons. The number of hydrogen-bond acceptors (Lipinski definition) is 7. The van der Waals surface area contributed by atoms with E-state index in [-0.39, 0.29) is 17.4 Å². The third kappa shape index (κ3) is 9.28. The van der Waals surface area contributed by atoms with Crippen molar-refractivity contribution in [1.29, 1.82) is 0 Å². The van der Waals surface area contributed by atoms with Gasteiger partial charge >= 0.3 is 0 Å². The monoisotopic (exact) mass is 644 g/mol. The lowest BCUT2D eigenvalue weighted by atomic mass is 10.1. The second-order valence-electron chi connectivity index (χ2n) is 9.87. The number of ether oxygens (including phenoxy) is 2. The van der Waals surface area contributed by atoms with Crippen molar-refractivity contribution in [2.45, 2.75) is 4.90 Å². The van der Waals surface area contributed by atoms with Gasteiger partial charge in [0.15, 0.2) is 0 Å². The van der Waals surface area contributed by atoms with Gasteiger partial charge in [0.1, 0.15) is 17.2 Å².